The van der Waals surface area contributed by atoms with Crippen LogP contribution in [0.4, 0.5) is 11.4 Å². The molecule has 4 aliphatic heterocycles. The fourth-order valence-corrected chi connectivity index (χ4v) is 7.05. The second-order valence-corrected chi connectivity index (χ2v) is 11.7. The molecule has 3 amide bonds. The fourth-order valence-electron chi connectivity index (χ4n) is 6.92. The summed E-state index contributed by atoms with van der Waals surface area (Å²) in [5, 5.41) is 9.85. The van der Waals surface area contributed by atoms with Crippen molar-refractivity contribution in [3.63, 3.8) is 0 Å². The van der Waals surface area contributed by atoms with Gasteiger partial charge in [0.25, 0.3) is 5.91 Å². The van der Waals surface area contributed by atoms with Crippen LogP contribution >= 0.6 is 11.6 Å². The molecule has 1 spiro atoms. The molecule has 0 bridgehead atoms. The first-order chi connectivity index (χ1) is 20.9. The summed E-state index contributed by atoms with van der Waals surface area (Å²) in [6.07, 6.45) is 8.73. The van der Waals surface area contributed by atoms with E-state index >= 15 is 0 Å². The molecule has 4 heterocycles. The van der Waals surface area contributed by atoms with E-state index in [1.54, 1.807) is 39.0 Å². The number of rotatable bonds is 9. The summed E-state index contributed by atoms with van der Waals surface area (Å²) in [6, 6.07) is 13.4. The van der Waals surface area contributed by atoms with E-state index in [9.17, 15) is 19.5 Å². The molecule has 2 aromatic carbocycles. The number of hydrogen-bond acceptors (Lipinski definition) is 6. The van der Waals surface area contributed by atoms with Crippen molar-refractivity contribution in [3.05, 3.63) is 77.9 Å². The van der Waals surface area contributed by atoms with Crippen LogP contribution in [0.25, 0.3) is 0 Å². The molecule has 6 rings (SSSR count). The molecule has 4 aliphatic rings. The third-order valence-corrected chi connectivity index (χ3v) is 9.07. The number of nitrogens with zero attached hydrogens (tertiary/aromatic N) is 3. The van der Waals surface area contributed by atoms with Gasteiger partial charge in [0.05, 0.1) is 24.5 Å². The van der Waals surface area contributed by atoms with Gasteiger partial charge in [-0.3, -0.25) is 14.4 Å². The van der Waals surface area contributed by atoms with E-state index in [0.29, 0.717) is 67.7 Å². The number of amides is 3. The molecule has 0 saturated carbocycles. The zero-order valence-electron chi connectivity index (χ0n) is 24.1. The Morgan fingerprint density at radius 1 is 0.907 bits per heavy atom. The van der Waals surface area contributed by atoms with Crippen molar-refractivity contribution in [2.75, 3.05) is 42.6 Å². The van der Waals surface area contributed by atoms with Gasteiger partial charge in [-0.1, -0.05) is 35.9 Å². The molecule has 1 N–H and O–H groups in total. The molecule has 5 atom stereocenters. The lowest BCUT2D eigenvalue weighted by molar-refractivity contribution is -0.140. The highest BCUT2D eigenvalue weighted by Crippen LogP contribution is 2.54. The van der Waals surface area contributed by atoms with Gasteiger partial charge in [-0.05, 0) is 74.7 Å². The van der Waals surface area contributed by atoms with Gasteiger partial charge in [0.15, 0.2) is 0 Å². The van der Waals surface area contributed by atoms with Crippen LogP contribution in [-0.2, 0) is 19.1 Å². The van der Waals surface area contributed by atoms with E-state index in [0.717, 1.165) is 0 Å². The number of anilines is 2. The molecular weight excluding hydrogens is 570 g/mol. The van der Waals surface area contributed by atoms with Gasteiger partial charge in [-0.15, -0.1) is 0 Å². The number of ether oxygens (including phenoxy) is 2. The largest absolute Gasteiger partial charge is 0.494 e. The minimum Gasteiger partial charge on any atom is -0.494 e. The number of hydrogen-bond donors (Lipinski definition) is 1. The Morgan fingerprint density at radius 3 is 2.28 bits per heavy atom. The molecule has 2 fully saturated rings. The lowest BCUT2D eigenvalue weighted by Gasteiger charge is -2.35. The first-order valence-corrected chi connectivity index (χ1v) is 15.3. The van der Waals surface area contributed by atoms with E-state index in [1.165, 1.54) is 0 Å². The average Bonchev–Trinajstić information content (AvgIpc) is 3.31. The molecule has 0 aliphatic carbocycles. The van der Waals surface area contributed by atoms with Gasteiger partial charge < -0.3 is 29.3 Å². The topological polar surface area (TPSA) is 99.6 Å². The predicted molar refractivity (Wildman–Crippen MR) is 163 cm³/mol. The quantitative estimate of drug-likeness (QED) is 0.343. The summed E-state index contributed by atoms with van der Waals surface area (Å²) in [7, 11) is 0. The molecule has 2 saturated heterocycles. The molecule has 0 aromatic heterocycles. The van der Waals surface area contributed by atoms with Gasteiger partial charge in [0.2, 0.25) is 11.8 Å². The number of halogens is 1. The van der Waals surface area contributed by atoms with Gasteiger partial charge >= 0.3 is 0 Å². The highest BCUT2D eigenvalue weighted by Gasteiger charge is 2.71. The lowest BCUT2D eigenvalue weighted by atomic mass is 9.77. The highest BCUT2D eigenvalue weighted by atomic mass is 35.5. The number of aliphatic hydroxyl groups is 1. The maximum atomic E-state index is 14.4. The van der Waals surface area contributed by atoms with Crippen molar-refractivity contribution in [2.24, 2.45) is 11.8 Å². The SMILES string of the molecule is CCOc1ccc(N2CC=C[C@H]3O[C@]45C=CCN(c6ccc(Cl)cc6)C(=O)C4N(CCCCCO)C(=O)[C@@H]5[C@H]3C2=O)cc1. The fraction of sp³-hybridized carbons (Fsp3) is 0.424. The zero-order valence-corrected chi connectivity index (χ0v) is 24.9. The number of likely N-dealkylation sites (tertiary alicyclic amines) is 1. The van der Waals surface area contributed by atoms with Gasteiger partial charge in [-0.2, -0.15) is 0 Å². The molecule has 1 unspecified atom stereocenters. The minimum absolute atomic E-state index is 0.0606. The van der Waals surface area contributed by atoms with Crippen molar-refractivity contribution in [3.8, 4) is 5.75 Å². The van der Waals surface area contributed by atoms with Crippen LogP contribution in [0.3, 0.4) is 0 Å². The highest BCUT2D eigenvalue weighted by molar-refractivity contribution is 6.30. The van der Waals surface area contributed by atoms with Crippen LogP contribution in [0.5, 0.6) is 5.75 Å². The van der Waals surface area contributed by atoms with Crippen molar-refractivity contribution >= 4 is 40.7 Å². The maximum Gasteiger partial charge on any atom is 0.253 e. The summed E-state index contributed by atoms with van der Waals surface area (Å²) >= 11 is 6.12. The van der Waals surface area contributed by atoms with Crippen LogP contribution in [0.15, 0.2) is 72.8 Å². The molecule has 0 radical (unpaired) electrons. The molecule has 9 nitrogen and oxygen atoms in total. The van der Waals surface area contributed by atoms with Crippen molar-refractivity contribution in [2.45, 2.75) is 43.9 Å². The van der Waals surface area contributed by atoms with E-state index in [4.69, 9.17) is 21.1 Å². The Bertz CT molecular complexity index is 1430. The lowest BCUT2D eigenvalue weighted by Crippen LogP contribution is -2.55. The van der Waals surface area contributed by atoms with Crippen molar-refractivity contribution in [1.82, 2.24) is 4.90 Å². The van der Waals surface area contributed by atoms with E-state index in [2.05, 4.69) is 0 Å². The number of unbranched alkanes of at least 4 members (excludes halogenated alkanes) is 2. The monoisotopic (exact) mass is 605 g/mol. The standard InChI is InChI=1S/C33H36ClN3O6/c1-2-42-25-15-13-24(14-16-25)35-19-6-8-26-27(30(35)39)28-31(40)37(18-4-3-5-21-38)29-32(41)36(20-7-17-33(28,29)43-26)23-11-9-22(34)10-12-23/h6-17,26-29,38H,2-5,18-21H2,1H3/t26-,27+,28+,29?,33+/m1/s1. The van der Waals surface area contributed by atoms with Crippen LogP contribution in [0.1, 0.15) is 26.2 Å². The van der Waals surface area contributed by atoms with Gasteiger partial charge in [0, 0.05) is 42.6 Å². The molecular formula is C33H36ClN3O6. The van der Waals surface area contributed by atoms with Gasteiger partial charge in [0.1, 0.15) is 17.4 Å². The second kappa shape index (κ2) is 12.1. The Balaban J connectivity index is 1.37. The molecule has 10 heteroatoms. The minimum atomic E-state index is -1.30. The average molecular weight is 606 g/mol. The first kappa shape index (κ1) is 29.4. The Kier molecular flexibility index (Phi) is 8.31. The van der Waals surface area contributed by atoms with Crippen molar-refractivity contribution in [1.29, 1.82) is 0 Å². The van der Waals surface area contributed by atoms with Crippen molar-refractivity contribution < 1.29 is 29.0 Å². The Hall–Kier alpha value is -3.66. The number of carbonyl (C=O) groups excluding carboxylic acids is 3. The zero-order chi connectivity index (χ0) is 30.1. The van der Waals surface area contributed by atoms with Crippen LogP contribution in [0.2, 0.25) is 5.02 Å². The smallest absolute Gasteiger partial charge is 0.253 e. The molecule has 226 valence electrons. The number of benzene rings is 2. The summed E-state index contributed by atoms with van der Waals surface area (Å²) in [4.78, 5) is 48.1. The first-order valence-electron chi connectivity index (χ1n) is 14.9. The van der Waals surface area contributed by atoms with Crippen LogP contribution in [0, 0.1) is 11.8 Å². The summed E-state index contributed by atoms with van der Waals surface area (Å²) in [5.74, 6) is -1.69. The summed E-state index contributed by atoms with van der Waals surface area (Å²) < 4.78 is 12.3. The predicted octanol–water partition coefficient (Wildman–Crippen LogP) is 3.99. The Morgan fingerprint density at radius 2 is 1.58 bits per heavy atom. The third kappa shape index (κ3) is 5.13. The summed E-state index contributed by atoms with van der Waals surface area (Å²) in [5.41, 5.74) is 0.0600. The maximum absolute atomic E-state index is 14.4. The Labute approximate surface area is 256 Å². The third-order valence-electron chi connectivity index (χ3n) is 8.81. The summed E-state index contributed by atoms with van der Waals surface area (Å²) in [6.45, 7) is 3.46. The molecule has 43 heavy (non-hydrogen) atoms. The van der Waals surface area contributed by atoms with Crippen LogP contribution < -0.4 is 14.5 Å². The van der Waals surface area contributed by atoms with Gasteiger partial charge in [-0.25, -0.2) is 0 Å². The number of aliphatic hydroxyl groups excluding tert-OH is 1. The van der Waals surface area contributed by atoms with E-state index in [-0.39, 0.29) is 24.3 Å². The number of fused-ring (bicyclic) bond motifs is 2. The molecule has 2 aromatic rings. The second-order valence-electron chi connectivity index (χ2n) is 11.3. The van der Waals surface area contributed by atoms with E-state index < -0.39 is 29.6 Å². The van der Waals surface area contributed by atoms with Crippen LogP contribution in [-0.4, -0.2) is 78.3 Å². The normalized spacial score (nSPS) is 28.1. The van der Waals surface area contributed by atoms with E-state index in [1.807, 2.05) is 55.5 Å². The number of carbonyl (C=O) groups is 3.